The van der Waals surface area contributed by atoms with Crippen molar-refractivity contribution in [3.8, 4) is 16.9 Å². The van der Waals surface area contributed by atoms with Crippen LogP contribution in [0.25, 0.3) is 16.9 Å². The molecule has 1 amide bonds. The van der Waals surface area contributed by atoms with Crippen molar-refractivity contribution in [2.75, 3.05) is 5.32 Å². The number of fused-ring (bicyclic) bond motifs is 1. The Morgan fingerprint density at radius 3 is 2.46 bits per heavy atom. The second-order valence-corrected chi connectivity index (χ2v) is 7.19. The van der Waals surface area contributed by atoms with E-state index in [0.29, 0.717) is 34.7 Å². The van der Waals surface area contributed by atoms with Crippen LogP contribution in [0.5, 0.6) is 0 Å². The van der Waals surface area contributed by atoms with Crippen LogP contribution in [0, 0.1) is 0 Å². The summed E-state index contributed by atoms with van der Waals surface area (Å²) >= 11 is 3.38. The smallest absolute Gasteiger partial charge is 0.282 e. The molecule has 2 heterocycles. The maximum Gasteiger partial charge on any atom is 0.282 e. The van der Waals surface area contributed by atoms with Crippen molar-refractivity contribution < 1.29 is 4.79 Å². The predicted octanol–water partition coefficient (Wildman–Crippen LogP) is 4.17. The molecule has 0 fully saturated rings. The van der Waals surface area contributed by atoms with Gasteiger partial charge in [-0.2, -0.15) is 9.78 Å². The summed E-state index contributed by atoms with van der Waals surface area (Å²) in [5, 5.41) is 7.33. The van der Waals surface area contributed by atoms with Gasteiger partial charge in [-0.25, -0.2) is 0 Å². The Balaban J connectivity index is 1.82. The quantitative estimate of drug-likeness (QED) is 0.521. The maximum absolute atomic E-state index is 13.0. The van der Waals surface area contributed by atoms with Gasteiger partial charge in [0.1, 0.15) is 5.69 Å². The van der Waals surface area contributed by atoms with Crippen molar-refractivity contribution in [3.05, 3.63) is 87.4 Å². The van der Waals surface area contributed by atoms with E-state index in [0.717, 1.165) is 4.47 Å². The van der Waals surface area contributed by atoms with E-state index in [9.17, 15) is 9.59 Å². The fourth-order valence-corrected chi connectivity index (χ4v) is 3.25. The Morgan fingerprint density at radius 1 is 1.07 bits per heavy atom. The van der Waals surface area contributed by atoms with Gasteiger partial charge in [0.05, 0.1) is 16.8 Å². The number of rotatable bonds is 4. The third-order valence-electron chi connectivity index (χ3n) is 4.44. The molecule has 28 heavy (non-hydrogen) atoms. The largest absolute Gasteiger partial charge is 0.353 e. The number of aryl methyl sites for hydroxylation is 1. The lowest BCUT2D eigenvalue weighted by atomic mass is 10.1. The number of nitrogens with one attached hydrogen (secondary N) is 1. The van der Waals surface area contributed by atoms with Crippen molar-refractivity contribution >= 4 is 27.5 Å². The highest BCUT2D eigenvalue weighted by molar-refractivity contribution is 9.10. The number of halogens is 1. The Labute approximate surface area is 169 Å². The minimum atomic E-state index is -0.312. The van der Waals surface area contributed by atoms with Gasteiger partial charge >= 0.3 is 0 Å². The highest BCUT2D eigenvalue weighted by Crippen LogP contribution is 2.24. The lowest BCUT2D eigenvalue weighted by Crippen LogP contribution is -2.17. The van der Waals surface area contributed by atoms with E-state index in [1.807, 2.05) is 54.0 Å². The molecule has 2 aliphatic heterocycles. The van der Waals surface area contributed by atoms with Gasteiger partial charge in [0.2, 0.25) is 0 Å². The number of aromatic nitrogens is 3. The molecular weight excluding hydrogens is 420 g/mol. The Hall–Kier alpha value is -3.19. The molecule has 7 heteroatoms. The molecule has 0 aromatic heterocycles. The molecule has 2 aliphatic rings. The van der Waals surface area contributed by atoms with Crippen LogP contribution in [0.2, 0.25) is 0 Å². The van der Waals surface area contributed by atoms with Crippen LogP contribution >= 0.6 is 15.9 Å². The van der Waals surface area contributed by atoms with Crippen LogP contribution in [0.4, 0.5) is 5.69 Å². The van der Waals surface area contributed by atoms with Crippen LogP contribution in [0.15, 0.2) is 76.3 Å². The average Bonchev–Trinajstić information content (AvgIpc) is 3.06. The summed E-state index contributed by atoms with van der Waals surface area (Å²) in [6.07, 6.45) is 3.46. The molecule has 0 radical (unpaired) electrons. The summed E-state index contributed by atoms with van der Waals surface area (Å²) in [6.45, 7) is 2.58. The molecule has 0 spiro atoms. The molecule has 4 rings (SSSR count). The number of nitrogens with zero attached hydrogens (tertiary/aromatic N) is 3. The number of carbonyl (C=O) groups is 1. The Morgan fingerprint density at radius 2 is 1.79 bits per heavy atom. The van der Waals surface area contributed by atoms with E-state index in [1.54, 1.807) is 24.5 Å². The number of amides is 1. The standard InChI is InChI=1S/C21H17BrN4O2/c1-2-25-12-17(20(27)23-15-10-8-14(22)9-11-15)19-18(13-25)21(28)26(24-19)16-6-4-3-5-7-16/h3-13H,2H2,1H3,(H,23,27). The van der Waals surface area contributed by atoms with Crippen molar-refractivity contribution in [1.82, 2.24) is 14.3 Å². The van der Waals surface area contributed by atoms with E-state index >= 15 is 0 Å². The molecule has 0 saturated heterocycles. The summed E-state index contributed by atoms with van der Waals surface area (Å²) < 4.78 is 4.08. The van der Waals surface area contributed by atoms with Crippen LogP contribution in [-0.4, -0.2) is 20.3 Å². The maximum atomic E-state index is 13.0. The summed E-state index contributed by atoms with van der Waals surface area (Å²) in [4.78, 5) is 25.9. The van der Waals surface area contributed by atoms with Crippen LogP contribution in [0.1, 0.15) is 17.3 Å². The summed E-state index contributed by atoms with van der Waals surface area (Å²) in [5.41, 5.74) is 2.22. The zero-order chi connectivity index (χ0) is 19.7. The number of carbonyl (C=O) groups excluding carboxylic acids is 1. The van der Waals surface area contributed by atoms with E-state index in [2.05, 4.69) is 26.3 Å². The van der Waals surface area contributed by atoms with Crippen LogP contribution in [-0.2, 0) is 6.54 Å². The number of anilines is 1. The van der Waals surface area contributed by atoms with Gasteiger partial charge in [-0.15, -0.1) is 0 Å². The second-order valence-electron chi connectivity index (χ2n) is 6.28. The van der Waals surface area contributed by atoms with Gasteiger partial charge in [-0.1, -0.05) is 34.1 Å². The predicted molar refractivity (Wildman–Crippen MR) is 112 cm³/mol. The minimum Gasteiger partial charge on any atom is -0.353 e. The molecule has 2 aromatic carbocycles. The summed E-state index contributed by atoms with van der Waals surface area (Å²) in [5.74, 6) is -0.312. The topological polar surface area (TPSA) is 68.9 Å². The van der Waals surface area contributed by atoms with Crippen molar-refractivity contribution in [2.24, 2.45) is 0 Å². The molecule has 140 valence electrons. The molecule has 0 atom stereocenters. The van der Waals surface area contributed by atoms with E-state index < -0.39 is 0 Å². The molecule has 0 bridgehead atoms. The fraction of sp³-hybridized carbons (Fsp3) is 0.0952. The summed E-state index contributed by atoms with van der Waals surface area (Å²) in [6, 6.07) is 16.5. The molecule has 2 aromatic rings. The highest BCUT2D eigenvalue weighted by atomic mass is 79.9. The second kappa shape index (κ2) is 7.44. The van der Waals surface area contributed by atoms with Gasteiger partial charge in [-0.3, -0.25) is 9.59 Å². The van der Waals surface area contributed by atoms with Gasteiger partial charge in [0.25, 0.3) is 11.5 Å². The van der Waals surface area contributed by atoms with Gasteiger partial charge < -0.3 is 9.88 Å². The van der Waals surface area contributed by atoms with E-state index in [4.69, 9.17) is 0 Å². The molecule has 0 saturated carbocycles. The number of hydrogen-bond donors (Lipinski definition) is 1. The van der Waals surface area contributed by atoms with Gasteiger partial charge in [0.15, 0.2) is 0 Å². The average molecular weight is 437 g/mol. The number of para-hydroxylation sites is 1. The molecule has 1 N–H and O–H groups in total. The van der Waals surface area contributed by atoms with Gasteiger partial charge in [0, 0.05) is 29.1 Å². The molecule has 6 nitrogen and oxygen atoms in total. The number of benzene rings is 2. The van der Waals surface area contributed by atoms with Crippen LogP contribution < -0.4 is 10.9 Å². The lowest BCUT2D eigenvalue weighted by Gasteiger charge is -2.11. The molecular formula is C21H17BrN4O2. The Kier molecular flexibility index (Phi) is 4.83. The number of hydrogen-bond acceptors (Lipinski definition) is 3. The number of pyridine rings is 1. The first-order valence-corrected chi connectivity index (χ1v) is 9.61. The van der Waals surface area contributed by atoms with E-state index in [1.165, 1.54) is 4.68 Å². The Bertz CT molecular complexity index is 1160. The van der Waals surface area contributed by atoms with Crippen molar-refractivity contribution in [3.63, 3.8) is 0 Å². The fourth-order valence-electron chi connectivity index (χ4n) is 2.98. The lowest BCUT2D eigenvalue weighted by molar-refractivity contribution is 0.102. The monoisotopic (exact) mass is 436 g/mol. The summed E-state index contributed by atoms with van der Waals surface area (Å²) in [7, 11) is 0. The van der Waals surface area contributed by atoms with Gasteiger partial charge in [-0.05, 0) is 43.3 Å². The van der Waals surface area contributed by atoms with E-state index in [-0.39, 0.29) is 11.5 Å². The van der Waals surface area contributed by atoms with Crippen molar-refractivity contribution in [2.45, 2.75) is 13.5 Å². The van der Waals surface area contributed by atoms with Crippen LogP contribution in [0.3, 0.4) is 0 Å². The highest BCUT2D eigenvalue weighted by Gasteiger charge is 2.24. The normalized spacial score (nSPS) is 10.9. The first-order chi connectivity index (χ1) is 13.6. The van der Waals surface area contributed by atoms with Crippen molar-refractivity contribution in [1.29, 1.82) is 0 Å². The molecule has 0 aliphatic carbocycles. The zero-order valence-corrected chi connectivity index (χ0v) is 16.7. The first-order valence-electron chi connectivity index (χ1n) is 8.82. The SMILES string of the molecule is CCn1cc(C(=O)Nc2ccc(Br)cc2)c2nn(-c3ccccc3)c(=O)c-2c1. The third-order valence-corrected chi connectivity index (χ3v) is 4.96. The third kappa shape index (κ3) is 3.36. The zero-order valence-electron chi connectivity index (χ0n) is 15.1. The molecule has 0 unspecified atom stereocenters. The first kappa shape index (κ1) is 18.2. The minimum absolute atomic E-state index is 0.248.